The molecule has 0 aliphatic heterocycles. The Hall–Kier alpha value is -1.70. The number of thiazole rings is 1. The fourth-order valence-electron chi connectivity index (χ4n) is 0.968. The van der Waals surface area contributed by atoms with E-state index in [1.165, 1.54) is 6.20 Å². The molecule has 0 atom stereocenters. The van der Waals surface area contributed by atoms with Crippen molar-refractivity contribution in [3.63, 3.8) is 0 Å². The Bertz CT molecular complexity index is 405. The molecule has 2 N–H and O–H groups in total. The number of carbonyl (C=O) groups excluding carboxylic acids is 1. The quantitative estimate of drug-likeness (QED) is 0.591. The number of amides is 1. The zero-order valence-electron chi connectivity index (χ0n) is 9.60. The molecule has 0 aliphatic rings. The maximum Gasteiger partial charge on any atom is 0.345 e. The Morgan fingerprint density at radius 3 is 2.88 bits per heavy atom. The fraction of sp³-hybridized carbons (Fsp3) is 0.556. The van der Waals surface area contributed by atoms with Crippen LogP contribution in [-0.2, 0) is 4.79 Å². The number of hydrogen-bond acceptors (Lipinski definition) is 6. The predicted molar refractivity (Wildman–Crippen MR) is 65.1 cm³/mol. The van der Waals surface area contributed by atoms with Crippen molar-refractivity contribution < 1.29 is 9.72 Å². The molecular weight excluding hydrogens is 244 g/mol. The van der Waals surface area contributed by atoms with Crippen molar-refractivity contribution in [1.29, 1.82) is 0 Å². The highest BCUT2D eigenvalue weighted by atomic mass is 32.1. The van der Waals surface area contributed by atoms with E-state index in [0.29, 0.717) is 17.6 Å². The fourth-order valence-corrected chi connectivity index (χ4v) is 1.60. The molecule has 17 heavy (non-hydrogen) atoms. The van der Waals surface area contributed by atoms with Crippen LogP contribution in [0.15, 0.2) is 6.20 Å². The van der Waals surface area contributed by atoms with Crippen LogP contribution < -0.4 is 10.6 Å². The van der Waals surface area contributed by atoms with E-state index >= 15 is 0 Å². The molecule has 0 bridgehead atoms. The van der Waals surface area contributed by atoms with Crippen molar-refractivity contribution in [3.8, 4) is 0 Å². The summed E-state index contributed by atoms with van der Waals surface area (Å²) >= 11 is 0.906. The molecule has 0 radical (unpaired) electrons. The molecule has 8 heteroatoms. The summed E-state index contributed by atoms with van der Waals surface area (Å²) in [5, 5.41) is 16.2. The minimum absolute atomic E-state index is 0.0462. The Morgan fingerprint density at radius 1 is 1.65 bits per heavy atom. The number of nitrogens with one attached hydrogen (secondary N) is 2. The summed E-state index contributed by atoms with van der Waals surface area (Å²) in [6, 6.07) is 0. The van der Waals surface area contributed by atoms with Gasteiger partial charge in [0.05, 0.1) is 11.5 Å². The third kappa shape index (κ3) is 4.77. The largest absolute Gasteiger partial charge is 0.354 e. The van der Waals surface area contributed by atoms with Gasteiger partial charge < -0.3 is 10.6 Å². The van der Waals surface area contributed by atoms with E-state index in [9.17, 15) is 14.9 Å². The summed E-state index contributed by atoms with van der Waals surface area (Å²) in [4.78, 5) is 25.0. The third-order valence-corrected chi connectivity index (χ3v) is 2.69. The maximum atomic E-state index is 11.3. The SMILES string of the molecule is CC(C)CNC(=O)CNc1ncc([N+](=O)[O-])s1. The summed E-state index contributed by atoms with van der Waals surface area (Å²) < 4.78 is 0. The number of rotatable bonds is 6. The molecule has 1 amide bonds. The average molecular weight is 258 g/mol. The standard InChI is InChI=1S/C9H14N4O3S/c1-6(2)3-10-7(14)4-11-9-12-5-8(17-9)13(15)16/h5-6H,3-4H2,1-2H3,(H,10,14)(H,11,12). The van der Waals surface area contributed by atoms with Gasteiger partial charge >= 0.3 is 5.00 Å². The molecule has 0 aromatic carbocycles. The lowest BCUT2D eigenvalue weighted by atomic mass is 10.2. The van der Waals surface area contributed by atoms with E-state index in [0.717, 1.165) is 11.3 Å². The molecule has 1 heterocycles. The molecule has 1 rings (SSSR count). The highest BCUT2D eigenvalue weighted by molar-refractivity contribution is 7.18. The molecule has 0 fully saturated rings. The van der Waals surface area contributed by atoms with Gasteiger partial charge in [-0.3, -0.25) is 14.9 Å². The van der Waals surface area contributed by atoms with Gasteiger partial charge in [-0.15, -0.1) is 0 Å². The Morgan fingerprint density at radius 2 is 2.35 bits per heavy atom. The van der Waals surface area contributed by atoms with Gasteiger partial charge in [0.1, 0.15) is 6.20 Å². The van der Waals surface area contributed by atoms with Gasteiger partial charge in [0.25, 0.3) is 0 Å². The lowest BCUT2D eigenvalue weighted by Crippen LogP contribution is -2.32. The number of hydrogen-bond donors (Lipinski definition) is 2. The van der Waals surface area contributed by atoms with E-state index in [4.69, 9.17) is 0 Å². The second-order valence-corrected chi connectivity index (χ2v) is 4.82. The molecule has 0 unspecified atom stereocenters. The molecule has 0 aliphatic carbocycles. The van der Waals surface area contributed by atoms with Crippen molar-refractivity contribution in [2.45, 2.75) is 13.8 Å². The number of nitro groups is 1. The lowest BCUT2D eigenvalue weighted by molar-refractivity contribution is -0.380. The number of carbonyl (C=O) groups is 1. The van der Waals surface area contributed by atoms with Crippen molar-refractivity contribution in [3.05, 3.63) is 16.3 Å². The van der Waals surface area contributed by atoms with Crippen LogP contribution in [0.4, 0.5) is 10.1 Å². The van der Waals surface area contributed by atoms with Gasteiger partial charge in [-0.05, 0) is 17.3 Å². The smallest absolute Gasteiger partial charge is 0.345 e. The van der Waals surface area contributed by atoms with Crippen molar-refractivity contribution in [2.24, 2.45) is 5.92 Å². The molecular formula is C9H14N4O3S. The van der Waals surface area contributed by atoms with E-state index in [1.54, 1.807) is 0 Å². The van der Waals surface area contributed by atoms with Crippen LogP contribution in [0.5, 0.6) is 0 Å². The molecule has 7 nitrogen and oxygen atoms in total. The highest BCUT2D eigenvalue weighted by Gasteiger charge is 2.11. The first-order valence-electron chi connectivity index (χ1n) is 5.10. The summed E-state index contributed by atoms with van der Waals surface area (Å²) in [5.41, 5.74) is 0. The zero-order chi connectivity index (χ0) is 12.8. The monoisotopic (exact) mass is 258 g/mol. The minimum Gasteiger partial charge on any atom is -0.354 e. The van der Waals surface area contributed by atoms with Crippen LogP contribution in [-0.4, -0.2) is 28.9 Å². The topological polar surface area (TPSA) is 97.2 Å². The third-order valence-electron chi connectivity index (χ3n) is 1.78. The highest BCUT2D eigenvalue weighted by Crippen LogP contribution is 2.24. The summed E-state index contributed by atoms with van der Waals surface area (Å²) in [7, 11) is 0. The van der Waals surface area contributed by atoms with Crippen LogP contribution in [0.3, 0.4) is 0 Å². The Labute approximate surface area is 102 Å². The van der Waals surface area contributed by atoms with E-state index in [-0.39, 0.29) is 17.5 Å². The van der Waals surface area contributed by atoms with Gasteiger partial charge in [-0.2, -0.15) is 0 Å². The van der Waals surface area contributed by atoms with Crippen LogP contribution >= 0.6 is 11.3 Å². The van der Waals surface area contributed by atoms with Crippen LogP contribution in [0.1, 0.15) is 13.8 Å². The normalized spacial score (nSPS) is 10.3. The lowest BCUT2D eigenvalue weighted by Gasteiger charge is -2.07. The Balaban J connectivity index is 2.34. The van der Waals surface area contributed by atoms with Crippen molar-refractivity contribution in [2.75, 3.05) is 18.4 Å². The molecule has 1 aromatic rings. The summed E-state index contributed by atoms with van der Waals surface area (Å²) in [6.45, 7) is 4.67. The van der Waals surface area contributed by atoms with Gasteiger partial charge in [-0.1, -0.05) is 13.8 Å². The first kappa shape index (κ1) is 13.4. The Kier molecular flexibility index (Phi) is 4.83. The number of anilines is 1. The second kappa shape index (κ2) is 6.14. The first-order chi connectivity index (χ1) is 7.99. The van der Waals surface area contributed by atoms with Crippen molar-refractivity contribution >= 4 is 27.4 Å². The van der Waals surface area contributed by atoms with Gasteiger partial charge in [-0.25, -0.2) is 4.98 Å². The van der Waals surface area contributed by atoms with Gasteiger partial charge in [0, 0.05) is 6.54 Å². The van der Waals surface area contributed by atoms with E-state index in [2.05, 4.69) is 15.6 Å². The van der Waals surface area contributed by atoms with Gasteiger partial charge in [0.15, 0.2) is 5.13 Å². The molecule has 0 spiro atoms. The second-order valence-electron chi connectivity index (χ2n) is 3.81. The first-order valence-corrected chi connectivity index (χ1v) is 5.91. The van der Waals surface area contributed by atoms with Gasteiger partial charge in [0.2, 0.25) is 5.91 Å². The molecule has 1 aromatic heterocycles. The molecule has 0 saturated heterocycles. The molecule has 94 valence electrons. The average Bonchev–Trinajstić information content (AvgIpc) is 2.72. The summed E-state index contributed by atoms with van der Waals surface area (Å²) in [5.74, 6) is 0.233. The van der Waals surface area contributed by atoms with Crippen molar-refractivity contribution in [1.82, 2.24) is 10.3 Å². The predicted octanol–water partition coefficient (Wildman–Crippen LogP) is 1.24. The van der Waals surface area contributed by atoms with Crippen LogP contribution in [0, 0.1) is 16.0 Å². The van der Waals surface area contributed by atoms with E-state index < -0.39 is 4.92 Å². The van der Waals surface area contributed by atoms with Crippen LogP contribution in [0.25, 0.3) is 0 Å². The van der Waals surface area contributed by atoms with E-state index in [1.807, 2.05) is 13.8 Å². The number of nitrogens with zero attached hydrogens (tertiary/aromatic N) is 2. The summed E-state index contributed by atoms with van der Waals surface area (Å²) in [6.07, 6.45) is 1.17. The maximum absolute atomic E-state index is 11.3. The minimum atomic E-state index is -0.512. The van der Waals surface area contributed by atoms with Crippen LogP contribution in [0.2, 0.25) is 0 Å². The zero-order valence-corrected chi connectivity index (χ0v) is 10.4. The molecule has 0 saturated carbocycles. The number of aromatic nitrogens is 1.